The minimum absolute atomic E-state index is 0.0648. The monoisotopic (exact) mass is 278 g/mol. The average Bonchev–Trinajstić information content (AvgIpc) is 2.37. The van der Waals surface area contributed by atoms with E-state index in [0.29, 0.717) is 25.3 Å². The average molecular weight is 278 g/mol. The van der Waals surface area contributed by atoms with Crippen LogP contribution in [0.4, 0.5) is 5.69 Å². The number of non-ortho nitro benzene ring substituents is 1. The van der Waals surface area contributed by atoms with Crippen LogP contribution in [0.2, 0.25) is 0 Å². The summed E-state index contributed by atoms with van der Waals surface area (Å²) in [6, 6.07) is 4.37. The normalized spacial score (nSPS) is 17.9. The quantitative estimate of drug-likeness (QED) is 0.614. The second kappa shape index (κ2) is 5.20. The Kier molecular flexibility index (Phi) is 3.76. The standard InChI is InChI=1S/C14H18N2O4/c1-10-4-5-11(16(18)19)8-12(10)13(17)15-6-7-20-9-14(15,2)3/h4-5,8H,6-7,9H2,1-3H3. The zero-order valence-electron chi connectivity index (χ0n) is 11.9. The first-order valence-corrected chi connectivity index (χ1v) is 6.48. The zero-order chi connectivity index (χ0) is 14.9. The number of carbonyl (C=O) groups excluding carboxylic acids is 1. The van der Waals surface area contributed by atoms with Crippen molar-refractivity contribution >= 4 is 11.6 Å². The van der Waals surface area contributed by atoms with Gasteiger partial charge in [0.25, 0.3) is 11.6 Å². The highest BCUT2D eigenvalue weighted by Gasteiger charge is 2.35. The molecule has 1 fully saturated rings. The molecule has 1 amide bonds. The van der Waals surface area contributed by atoms with Crippen molar-refractivity contribution in [3.63, 3.8) is 0 Å². The van der Waals surface area contributed by atoms with E-state index >= 15 is 0 Å². The number of nitro groups is 1. The highest BCUT2D eigenvalue weighted by molar-refractivity contribution is 5.96. The molecule has 0 spiro atoms. The molecular weight excluding hydrogens is 260 g/mol. The van der Waals surface area contributed by atoms with E-state index in [1.54, 1.807) is 17.9 Å². The predicted octanol–water partition coefficient (Wildman–Crippen LogP) is 2.15. The first-order chi connectivity index (χ1) is 9.33. The fourth-order valence-electron chi connectivity index (χ4n) is 2.33. The highest BCUT2D eigenvalue weighted by Crippen LogP contribution is 2.25. The lowest BCUT2D eigenvalue weighted by Gasteiger charge is -2.42. The largest absolute Gasteiger partial charge is 0.377 e. The number of ether oxygens (including phenoxy) is 1. The van der Waals surface area contributed by atoms with Crippen LogP contribution in [-0.4, -0.2) is 41.0 Å². The number of rotatable bonds is 2. The number of carbonyl (C=O) groups is 1. The summed E-state index contributed by atoms with van der Waals surface area (Å²) in [6.45, 7) is 7.09. The molecule has 108 valence electrons. The maximum Gasteiger partial charge on any atom is 0.270 e. The van der Waals surface area contributed by atoms with Crippen molar-refractivity contribution in [3.05, 3.63) is 39.4 Å². The molecule has 0 bridgehead atoms. The number of hydrogen-bond acceptors (Lipinski definition) is 4. The number of morpholine rings is 1. The predicted molar refractivity (Wildman–Crippen MR) is 73.8 cm³/mol. The van der Waals surface area contributed by atoms with E-state index < -0.39 is 10.5 Å². The van der Waals surface area contributed by atoms with Gasteiger partial charge in [0, 0.05) is 24.2 Å². The Labute approximate surface area is 117 Å². The molecule has 1 aromatic carbocycles. The smallest absolute Gasteiger partial charge is 0.270 e. The van der Waals surface area contributed by atoms with Crippen LogP contribution in [-0.2, 0) is 4.74 Å². The third kappa shape index (κ3) is 2.65. The van der Waals surface area contributed by atoms with Gasteiger partial charge in [-0.2, -0.15) is 0 Å². The van der Waals surface area contributed by atoms with Crippen molar-refractivity contribution in [2.45, 2.75) is 26.3 Å². The minimum atomic E-state index is -0.485. The Hall–Kier alpha value is -1.95. The number of amides is 1. The van der Waals surface area contributed by atoms with E-state index in [0.717, 1.165) is 5.56 Å². The molecule has 1 heterocycles. The van der Waals surface area contributed by atoms with E-state index in [1.165, 1.54) is 12.1 Å². The van der Waals surface area contributed by atoms with E-state index in [4.69, 9.17) is 4.74 Å². The van der Waals surface area contributed by atoms with Crippen molar-refractivity contribution < 1.29 is 14.5 Å². The molecule has 20 heavy (non-hydrogen) atoms. The molecule has 1 saturated heterocycles. The van der Waals surface area contributed by atoms with E-state index in [1.807, 2.05) is 13.8 Å². The summed E-state index contributed by atoms with van der Waals surface area (Å²) in [5.74, 6) is -0.181. The van der Waals surface area contributed by atoms with Crippen LogP contribution in [0.1, 0.15) is 29.8 Å². The molecule has 0 unspecified atom stereocenters. The van der Waals surface area contributed by atoms with E-state index in [-0.39, 0.29) is 11.6 Å². The molecule has 1 aliphatic heterocycles. The Morgan fingerprint density at radius 1 is 1.45 bits per heavy atom. The van der Waals surface area contributed by atoms with Gasteiger partial charge >= 0.3 is 0 Å². The molecule has 1 aromatic rings. The van der Waals surface area contributed by atoms with Crippen molar-refractivity contribution in [2.75, 3.05) is 19.8 Å². The fourth-order valence-corrected chi connectivity index (χ4v) is 2.33. The van der Waals surface area contributed by atoms with Crippen molar-refractivity contribution in [1.82, 2.24) is 4.90 Å². The molecule has 0 saturated carbocycles. The lowest BCUT2D eigenvalue weighted by atomic mass is 9.99. The van der Waals surface area contributed by atoms with Crippen LogP contribution in [0.25, 0.3) is 0 Å². The first-order valence-electron chi connectivity index (χ1n) is 6.48. The maximum absolute atomic E-state index is 12.7. The third-order valence-corrected chi connectivity index (χ3v) is 3.55. The van der Waals surface area contributed by atoms with Crippen LogP contribution < -0.4 is 0 Å². The van der Waals surface area contributed by atoms with Gasteiger partial charge in [-0.1, -0.05) is 6.07 Å². The second-order valence-electron chi connectivity index (χ2n) is 5.58. The molecule has 0 aliphatic carbocycles. The van der Waals surface area contributed by atoms with Gasteiger partial charge in [-0.05, 0) is 26.3 Å². The molecule has 2 rings (SSSR count). The molecule has 0 N–H and O–H groups in total. The Bertz CT molecular complexity index is 554. The van der Waals surface area contributed by atoms with Gasteiger partial charge in [0.2, 0.25) is 0 Å². The topological polar surface area (TPSA) is 72.7 Å². The summed E-state index contributed by atoms with van der Waals surface area (Å²) in [7, 11) is 0. The molecular formula is C14H18N2O4. The lowest BCUT2D eigenvalue weighted by Crippen LogP contribution is -2.55. The van der Waals surface area contributed by atoms with Gasteiger partial charge in [-0.3, -0.25) is 14.9 Å². The summed E-state index contributed by atoms with van der Waals surface area (Å²) in [5, 5.41) is 10.9. The SMILES string of the molecule is Cc1ccc([N+](=O)[O-])cc1C(=O)N1CCOCC1(C)C. The number of aryl methyl sites for hydroxylation is 1. The number of nitro benzene ring substituents is 1. The van der Waals surface area contributed by atoms with Gasteiger partial charge in [0.1, 0.15) is 0 Å². The summed E-state index contributed by atoms with van der Waals surface area (Å²) in [6.07, 6.45) is 0. The van der Waals surface area contributed by atoms with E-state index in [2.05, 4.69) is 0 Å². The summed E-state index contributed by atoms with van der Waals surface area (Å²) in [5.41, 5.74) is 0.647. The highest BCUT2D eigenvalue weighted by atomic mass is 16.6. The number of hydrogen-bond donors (Lipinski definition) is 0. The summed E-state index contributed by atoms with van der Waals surface area (Å²) in [4.78, 5) is 24.7. The van der Waals surface area contributed by atoms with Crippen LogP contribution >= 0.6 is 0 Å². The van der Waals surface area contributed by atoms with Crippen molar-refractivity contribution in [2.24, 2.45) is 0 Å². The maximum atomic E-state index is 12.7. The lowest BCUT2D eigenvalue weighted by molar-refractivity contribution is -0.384. The van der Waals surface area contributed by atoms with E-state index in [9.17, 15) is 14.9 Å². The van der Waals surface area contributed by atoms with Gasteiger partial charge in [-0.15, -0.1) is 0 Å². The van der Waals surface area contributed by atoms with Crippen LogP contribution in [0, 0.1) is 17.0 Å². The zero-order valence-corrected chi connectivity index (χ0v) is 11.9. The second-order valence-corrected chi connectivity index (χ2v) is 5.58. The number of nitrogens with zero attached hydrogens (tertiary/aromatic N) is 2. The molecule has 6 nitrogen and oxygen atoms in total. The fraction of sp³-hybridized carbons (Fsp3) is 0.500. The minimum Gasteiger partial charge on any atom is -0.377 e. The van der Waals surface area contributed by atoms with Gasteiger partial charge in [-0.25, -0.2) is 0 Å². The van der Waals surface area contributed by atoms with Crippen molar-refractivity contribution in [1.29, 1.82) is 0 Å². The van der Waals surface area contributed by atoms with Crippen LogP contribution in [0.5, 0.6) is 0 Å². The summed E-state index contributed by atoms with van der Waals surface area (Å²) >= 11 is 0. The Balaban J connectivity index is 2.37. The van der Waals surface area contributed by atoms with Gasteiger partial charge in [0.15, 0.2) is 0 Å². The number of benzene rings is 1. The molecule has 6 heteroatoms. The third-order valence-electron chi connectivity index (χ3n) is 3.55. The molecule has 1 aliphatic rings. The first kappa shape index (κ1) is 14.5. The molecule has 0 radical (unpaired) electrons. The van der Waals surface area contributed by atoms with Crippen LogP contribution in [0.15, 0.2) is 18.2 Å². The Morgan fingerprint density at radius 2 is 2.15 bits per heavy atom. The molecule has 0 aromatic heterocycles. The molecule has 0 atom stereocenters. The van der Waals surface area contributed by atoms with Gasteiger partial charge < -0.3 is 9.64 Å². The Morgan fingerprint density at radius 3 is 2.75 bits per heavy atom. The van der Waals surface area contributed by atoms with Crippen LogP contribution in [0.3, 0.4) is 0 Å². The van der Waals surface area contributed by atoms with Crippen molar-refractivity contribution in [3.8, 4) is 0 Å². The van der Waals surface area contributed by atoms with Gasteiger partial charge in [0.05, 0.1) is 23.7 Å². The summed E-state index contributed by atoms with van der Waals surface area (Å²) < 4.78 is 5.39.